The first-order valence-electron chi connectivity index (χ1n) is 7.84. The van der Waals surface area contributed by atoms with Crippen molar-refractivity contribution < 1.29 is 14.3 Å². The third-order valence-corrected chi connectivity index (χ3v) is 5.07. The molecule has 2 aliphatic rings. The molecular formula is C17H21NO3S. The number of hydrogen-bond acceptors (Lipinski definition) is 4. The number of esters is 1. The van der Waals surface area contributed by atoms with Crippen molar-refractivity contribution in [3.63, 3.8) is 0 Å². The minimum atomic E-state index is -0.380. The predicted molar refractivity (Wildman–Crippen MR) is 86.4 cm³/mol. The molecule has 1 amide bonds. The van der Waals surface area contributed by atoms with Crippen molar-refractivity contribution >= 4 is 23.6 Å². The van der Waals surface area contributed by atoms with Gasteiger partial charge in [-0.15, -0.1) is 11.8 Å². The van der Waals surface area contributed by atoms with Gasteiger partial charge >= 0.3 is 5.97 Å². The van der Waals surface area contributed by atoms with Crippen LogP contribution in [0.1, 0.15) is 24.8 Å². The molecule has 2 fully saturated rings. The van der Waals surface area contributed by atoms with Gasteiger partial charge in [-0.25, -0.2) is 4.79 Å². The molecule has 0 aromatic heterocycles. The van der Waals surface area contributed by atoms with Crippen molar-refractivity contribution in [3.8, 4) is 0 Å². The second-order valence-electron chi connectivity index (χ2n) is 5.85. The summed E-state index contributed by atoms with van der Waals surface area (Å²) >= 11 is 1.63. The maximum atomic E-state index is 12.2. The Balaban J connectivity index is 1.42. The molecule has 1 saturated heterocycles. The molecule has 0 spiro atoms. The summed E-state index contributed by atoms with van der Waals surface area (Å²) in [6.45, 7) is 0.417. The van der Waals surface area contributed by atoms with Gasteiger partial charge in [0.15, 0.2) is 0 Å². The van der Waals surface area contributed by atoms with Crippen LogP contribution >= 0.6 is 11.8 Å². The van der Waals surface area contributed by atoms with Crippen LogP contribution < -0.4 is 0 Å². The smallest absolute Gasteiger partial charge is 0.329 e. The van der Waals surface area contributed by atoms with Gasteiger partial charge in [0.25, 0.3) is 0 Å². The first-order chi connectivity index (χ1) is 10.8. The van der Waals surface area contributed by atoms with E-state index >= 15 is 0 Å². The van der Waals surface area contributed by atoms with Crippen LogP contribution in [0.15, 0.2) is 30.3 Å². The topological polar surface area (TPSA) is 46.6 Å². The zero-order chi connectivity index (χ0) is 15.4. The lowest BCUT2D eigenvalue weighted by atomic mass is 10.1. The third kappa shape index (κ3) is 3.83. The van der Waals surface area contributed by atoms with Crippen molar-refractivity contribution in [3.05, 3.63) is 35.9 Å². The first-order valence-corrected chi connectivity index (χ1v) is 9.00. The van der Waals surface area contributed by atoms with Crippen LogP contribution in [0.25, 0.3) is 0 Å². The Morgan fingerprint density at radius 1 is 1.23 bits per heavy atom. The Morgan fingerprint density at radius 3 is 2.73 bits per heavy atom. The SMILES string of the molecule is O=C(OCCCc1ccccc1)[C@H]1CSCN1C(=O)C1CC1. The lowest BCUT2D eigenvalue weighted by Gasteiger charge is -2.22. The molecule has 1 aromatic carbocycles. The number of benzene rings is 1. The Labute approximate surface area is 135 Å². The number of ether oxygens (including phenoxy) is 1. The number of amides is 1. The zero-order valence-electron chi connectivity index (χ0n) is 12.6. The quantitative estimate of drug-likeness (QED) is 0.597. The van der Waals surface area contributed by atoms with E-state index < -0.39 is 0 Å². The Kier molecular flexibility index (Phi) is 5.03. The average Bonchev–Trinajstić information content (AvgIpc) is 3.28. The van der Waals surface area contributed by atoms with Gasteiger partial charge < -0.3 is 9.64 Å². The number of nitrogens with zero attached hydrogens (tertiary/aromatic N) is 1. The van der Waals surface area contributed by atoms with Crippen molar-refractivity contribution in [2.24, 2.45) is 5.92 Å². The minimum Gasteiger partial charge on any atom is -0.464 e. The summed E-state index contributed by atoms with van der Waals surface area (Å²) in [5.41, 5.74) is 1.25. The molecule has 3 rings (SSSR count). The summed E-state index contributed by atoms with van der Waals surface area (Å²) in [7, 11) is 0. The van der Waals surface area contributed by atoms with E-state index in [0.29, 0.717) is 18.2 Å². The van der Waals surface area contributed by atoms with E-state index in [9.17, 15) is 9.59 Å². The fourth-order valence-corrected chi connectivity index (χ4v) is 3.76. The highest BCUT2D eigenvalue weighted by atomic mass is 32.2. The van der Waals surface area contributed by atoms with Crippen LogP contribution in [0.2, 0.25) is 0 Å². The van der Waals surface area contributed by atoms with Crippen LogP contribution in [0.5, 0.6) is 0 Å². The van der Waals surface area contributed by atoms with Crippen LogP contribution in [-0.2, 0) is 20.7 Å². The molecule has 1 heterocycles. The van der Waals surface area contributed by atoms with Crippen LogP contribution in [0, 0.1) is 5.92 Å². The van der Waals surface area contributed by atoms with Gasteiger partial charge in [0, 0.05) is 11.7 Å². The largest absolute Gasteiger partial charge is 0.464 e. The molecular weight excluding hydrogens is 298 g/mol. The fraction of sp³-hybridized carbons (Fsp3) is 0.529. The Bertz CT molecular complexity index is 530. The number of carbonyl (C=O) groups is 2. The van der Waals surface area contributed by atoms with E-state index in [4.69, 9.17) is 4.74 Å². The van der Waals surface area contributed by atoms with Gasteiger partial charge in [-0.3, -0.25) is 4.79 Å². The maximum absolute atomic E-state index is 12.2. The monoisotopic (exact) mass is 319 g/mol. The molecule has 4 nitrogen and oxygen atoms in total. The molecule has 0 unspecified atom stereocenters. The van der Waals surface area contributed by atoms with E-state index in [1.54, 1.807) is 16.7 Å². The van der Waals surface area contributed by atoms with Crippen LogP contribution in [-0.4, -0.2) is 41.1 Å². The average molecular weight is 319 g/mol. The first kappa shape index (κ1) is 15.4. The van der Waals surface area contributed by atoms with Crippen molar-refractivity contribution in [1.29, 1.82) is 0 Å². The number of thioether (sulfide) groups is 1. The summed E-state index contributed by atoms with van der Waals surface area (Å²) in [6.07, 6.45) is 3.65. The second-order valence-corrected chi connectivity index (χ2v) is 6.85. The Morgan fingerprint density at radius 2 is 2.00 bits per heavy atom. The van der Waals surface area contributed by atoms with Gasteiger partial charge in [-0.05, 0) is 31.2 Å². The Hall–Kier alpha value is -1.49. The second kappa shape index (κ2) is 7.18. The van der Waals surface area contributed by atoms with Crippen molar-refractivity contribution in [2.45, 2.75) is 31.7 Å². The highest BCUT2D eigenvalue weighted by molar-refractivity contribution is 7.99. The summed E-state index contributed by atoms with van der Waals surface area (Å²) in [4.78, 5) is 26.0. The molecule has 1 aliphatic carbocycles. The standard InChI is InChI=1S/C17H21NO3S/c19-16(14-8-9-14)18-12-22-11-15(18)17(20)21-10-4-7-13-5-2-1-3-6-13/h1-3,5-6,14-15H,4,7-12H2/t15-/m1/s1. The summed E-state index contributed by atoms with van der Waals surface area (Å²) in [5, 5.41) is 0. The van der Waals surface area contributed by atoms with Gasteiger partial charge in [0.1, 0.15) is 6.04 Å². The summed E-state index contributed by atoms with van der Waals surface area (Å²) < 4.78 is 5.38. The van der Waals surface area contributed by atoms with E-state index in [1.807, 2.05) is 18.2 Å². The number of hydrogen-bond donors (Lipinski definition) is 0. The number of aryl methyl sites for hydroxylation is 1. The highest BCUT2D eigenvalue weighted by Crippen LogP contribution is 2.34. The maximum Gasteiger partial charge on any atom is 0.329 e. The van der Waals surface area contributed by atoms with E-state index in [-0.39, 0.29) is 23.8 Å². The molecule has 22 heavy (non-hydrogen) atoms. The molecule has 0 radical (unpaired) electrons. The van der Waals surface area contributed by atoms with Gasteiger partial charge in [0.2, 0.25) is 5.91 Å². The lowest BCUT2D eigenvalue weighted by molar-refractivity contribution is -0.153. The highest BCUT2D eigenvalue weighted by Gasteiger charge is 2.41. The zero-order valence-corrected chi connectivity index (χ0v) is 13.4. The molecule has 1 atom stereocenters. The predicted octanol–water partition coefficient (Wildman–Crippen LogP) is 2.47. The molecule has 118 valence electrons. The lowest BCUT2D eigenvalue weighted by Crippen LogP contribution is -2.43. The van der Waals surface area contributed by atoms with Crippen LogP contribution in [0.3, 0.4) is 0 Å². The van der Waals surface area contributed by atoms with Crippen LogP contribution in [0.4, 0.5) is 0 Å². The van der Waals surface area contributed by atoms with Crippen molar-refractivity contribution in [1.82, 2.24) is 4.90 Å². The normalized spacial score (nSPS) is 20.9. The van der Waals surface area contributed by atoms with Gasteiger partial charge in [-0.2, -0.15) is 0 Å². The number of rotatable bonds is 6. The molecule has 0 N–H and O–H groups in total. The van der Waals surface area contributed by atoms with Crippen molar-refractivity contribution in [2.75, 3.05) is 18.2 Å². The molecule has 5 heteroatoms. The minimum absolute atomic E-state index is 0.135. The number of carbonyl (C=O) groups excluding carboxylic acids is 2. The third-order valence-electron chi connectivity index (χ3n) is 4.06. The molecule has 1 saturated carbocycles. The molecule has 1 aliphatic heterocycles. The molecule has 1 aromatic rings. The summed E-state index contributed by atoms with van der Waals surface area (Å²) in [6, 6.07) is 9.79. The van der Waals surface area contributed by atoms with Gasteiger partial charge in [0.05, 0.1) is 12.5 Å². The fourth-order valence-electron chi connectivity index (χ4n) is 2.61. The summed E-state index contributed by atoms with van der Waals surface area (Å²) in [5.74, 6) is 1.34. The molecule has 0 bridgehead atoms. The van der Waals surface area contributed by atoms with E-state index in [1.165, 1.54) is 5.56 Å². The van der Waals surface area contributed by atoms with Gasteiger partial charge in [-0.1, -0.05) is 30.3 Å². The van der Waals surface area contributed by atoms with E-state index in [2.05, 4.69) is 12.1 Å². The van der Waals surface area contributed by atoms with E-state index in [0.717, 1.165) is 25.7 Å².